The van der Waals surface area contributed by atoms with Crippen LogP contribution in [0.1, 0.15) is 37.2 Å². The molecular weight excluding hydrogens is 266 g/mol. The third-order valence-electron chi connectivity index (χ3n) is 3.74. The van der Waals surface area contributed by atoms with Crippen LogP contribution in [0, 0.1) is 5.41 Å². The first-order valence-electron chi connectivity index (χ1n) is 6.51. The number of Topliss-reactive ketones (excluding diaryl/α,β-unsaturated/α-hetero) is 1. The van der Waals surface area contributed by atoms with E-state index in [0.29, 0.717) is 43.3 Å². The van der Waals surface area contributed by atoms with Crippen molar-refractivity contribution in [3.63, 3.8) is 0 Å². The summed E-state index contributed by atoms with van der Waals surface area (Å²) in [7, 11) is 1.61. The Hall–Kier alpha value is -0.910. The number of carbonyl (C=O) groups excluding carboxylic acids is 1. The fourth-order valence-electron chi connectivity index (χ4n) is 2.14. The Morgan fingerprint density at radius 3 is 2.63 bits per heavy atom. The summed E-state index contributed by atoms with van der Waals surface area (Å²) in [4.78, 5) is 12.8. The monoisotopic (exact) mass is 287 g/mol. The molecule has 1 aromatic heterocycles. The minimum atomic E-state index is -0.561. The molecule has 0 bridgehead atoms. The molecule has 0 radical (unpaired) electrons. The van der Waals surface area contributed by atoms with Gasteiger partial charge in [0.1, 0.15) is 5.69 Å². The standard InChI is InChI=1S/C13H22ClN3O2/c1-4-13(5-2,9-15)12(18)11-10(14)8-16-17(11)6-7-19-3/h8H,4-7,9,15H2,1-3H3. The Morgan fingerprint density at radius 2 is 2.16 bits per heavy atom. The van der Waals surface area contributed by atoms with Gasteiger partial charge in [0.15, 0.2) is 5.78 Å². The van der Waals surface area contributed by atoms with Gasteiger partial charge >= 0.3 is 0 Å². The van der Waals surface area contributed by atoms with E-state index in [-0.39, 0.29) is 5.78 Å². The van der Waals surface area contributed by atoms with Gasteiger partial charge in [0.2, 0.25) is 0 Å². The van der Waals surface area contributed by atoms with Crippen molar-refractivity contribution < 1.29 is 9.53 Å². The Bertz CT molecular complexity index is 419. The first-order chi connectivity index (χ1) is 9.06. The van der Waals surface area contributed by atoms with Gasteiger partial charge in [-0.3, -0.25) is 9.48 Å². The number of halogens is 1. The van der Waals surface area contributed by atoms with Gasteiger partial charge in [-0.1, -0.05) is 25.4 Å². The van der Waals surface area contributed by atoms with Gasteiger partial charge in [0.05, 0.1) is 24.4 Å². The van der Waals surface area contributed by atoms with E-state index in [0.717, 1.165) is 0 Å². The van der Waals surface area contributed by atoms with Crippen LogP contribution >= 0.6 is 11.6 Å². The average molecular weight is 288 g/mol. The molecule has 0 saturated carbocycles. The summed E-state index contributed by atoms with van der Waals surface area (Å²) in [5.41, 5.74) is 5.69. The second-order valence-electron chi connectivity index (χ2n) is 4.58. The molecule has 108 valence electrons. The molecule has 0 unspecified atom stereocenters. The summed E-state index contributed by atoms with van der Waals surface area (Å²) in [6.45, 7) is 5.23. The molecule has 19 heavy (non-hydrogen) atoms. The van der Waals surface area contributed by atoms with E-state index in [1.165, 1.54) is 6.20 Å². The zero-order valence-electron chi connectivity index (χ0n) is 11.8. The topological polar surface area (TPSA) is 70.1 Å². The number of ether oxygens (including phenoxy) is 1. The Balaban J connectivity index is 3.13. The number of rotatable bonds is 8. The SMILES string of the molecule is CCC(CC)(CN)C(=O)c1c(Cl)cnn1CCOC. The number of hydrogen-bond acceptors (Lipinski definition) is 4. The quantitative estimate of drug-likeness (QED) is 0.744. The summed E-state index contributed by atoms with van der Waals surface area (Å²) < 4.78 is 6.62. The van der Waals surface area contributed by atoms with Crippen molar-refractivity contribution in [3.8, 4) is 0 Å². The van der Waals surface area contributed by atoms with Crippen molar-refractivity contribution in [2.75, 3.05) is 20.3 Å². The first-order valence-corrected chi connectivity index (χ1v) is 6.89. The molecule has 0 fully saturated rings. The van der Waals surface area contributed by atoms with Crippen molar-refractivity contribution in [3.05, 3.63) is 16.9 Å². The molecule has 0 saturated heterocycles. The Labute approximate surface area is 119 Å². The maximum Gasteiger partial charge on any atom is 0.189 e. The molecule has 6 heteroatoms. The molecule has 5 nitrogen and oxygen atoms in total. The summed E-state index contributed by atoms with van der Waals surface area (Å²) in [5, 5.41) is 4.51. The van der Waals surface area contributed by atoms with Crippen molar-refractivity contribution >= 4 is 17.4 Å². The normalized spacial score (nSPS) is 11.8. The third-order valence-corrected chi connectivity index (χ3v) is 4.02. The molecule has 1 heterocycles. The molecule has 0 atom stereocenters. The van der Waals surface area contributed by atoms with Crippen molar-refractivity contribution in [1.29, 1.82) is 0 Å². The largest absolute Gasteiger partial charge is 0.383 e. The Kier molecular flexibility index (Phi) is 5.97. The maximum absolute atomic E-state index is 12.8. The van der Waals surface area contributed by atoms with Crippen molar-refractivity contribution in [1.82, 2.24) is 9.78 Å². The number of nitrogens with zero attached hydrogens (tertiary/aromatic N) is 2. The lowest BCUT2D eigenvalue weighted by molar-refractivity contribution is 0.0772. The van der Waals surface area contributed by atoms with E-state index in [1.54, 1.807) is 11.8 Å². The van der Waals surface area contributed by atoms with Crippen molar-refractivity contribution in [2.24, 2.45) is 11.1 Å². The number of ketones is 1. The van der Waals surface area contributed by atoms with Gasteiger partial charge in [0.25, 0.3) is 0 Å². The van der Waals surface area contributed by atoms with Gasteiger partial charge in [-0.25, -0.2) is 0 Å². The van der Waals surface area contributed by atoms with E-state index in [2.05, 4.69) is 5.10 Å². The van der Waals surface area contributed by atoms with Gasteiger partial charge in [-0.15, -0.1) is 0 Å². The highest BCUT2D eigenvalue weighted by atomic mass is 35.5. The molecular formula is C13H22ClN3O2. The van der Waals surface area contributed by atoms with E-state index in [9.17, 15) is 4.79 Å². The van der Waals surface area contributed by atoms with Crippen LogP contribution < -0.4 is 5.73 Å². The number of methoxy groups -OCH3 is 1. The summed E-state index contributed by atoms with van der Waals surface area (Å²) >= 11 is 6.11. The van der Waals surface area contributed by atoms with Gasteiger partial charge in [0, 0.05) is 19.1 Å². The van der Waals surface area contributed by atoms with E-state index in [4.69, 9.17) is 22.1 Å². The van der Waals surface area contributed by atoms with Crippen LogP contribution in [0.3, 0.4) is 0 Å². The fraction of sp³-hybridized carbons (Fsp3) is 0.692. The third kappa shape index (κ3) is 3.16. The van der Waals surface area contributed by atoms with Crippen LogP contribution in [0.15, 0.2) is 6.20 Å². The van der Waals surface area contributed by atoms with Crippen LogP contribution in [0.25, 0.3) is 0 Å². The second kappa shape index (κ2) is 7.03. The fourth-order valence-corrected chi connectivity index (χ4v) is 2.37. The van der Waals surface area contributed by atoms with Gasteiger partial charge < -0.3 is 10.5 Å². The number of carbonyl (C=O) groups is 1. The minimum absolute atomic E-state index is 0.0291. The zero-order chi connectivity index (χ0) is 14.5. The Morgan fingerprint density at radius 1 is 1.53 bits per heavy atom. The second-order valence-corrected chi connectivity index (χ2v) is 4.98. The van der Waals surface area contributed by atoms with Gasteiger partial charge in [-0.05, 0) is 12.8 Å². The molecule has 0 aliphatic heterocycles. The van der Waals surface area contributed by atoms with Crippen LogP contribution in [0.2, 0.25) is 5.02 Å². The lowest BCUT2D eigenvalue weighted by Crippen LogP contribution is -2.39. The van der Waals surface area contributed by atoms with E-state index >= 15 is 0 Å². The predicted molar refractivity (Wildman–Crippen MR) is 75.5 cm³/mol. The molecule has 0 aliphatic rings. The molecule has 0 aromatic carbocycles. The molecule has 0 amide bonds. The molecule has 0 spiro atoms. The van der Waals surface area contributed by atoms with Crippen LogP contribution in [-0.2, 0) is 11.3 Å². The summed E-state index contributed by atoms with van der Waals surface area (Å²) in [6, 6.07) is 0. The van der Waals surface area contributed by atoms with E-state index in [1.807, 2.05) is 13.8 Å². The average Bonchev–Trinajstić information content (AvgIpc) is 2.79. The number of nitrogens with two attached hydrogens (primary N) is 1. The highest BCUT2D eigenvalue weighted by molar-refractivity contribution is 6.33. The zero-order valence-corrected chi connectivity index (χ0v) is 12.5. The molecule has 2 N–H and O–H groups in total. The highest BCUT2D eigenvalue weighted by Crippen LogP contribution is 2.32. The van der Waals surface area contributed by atoms with Crippen LogP contribution in [0.5, 0.6) is 0 Å². The summed E-state index contributed by atoms with van der Waals surface area (Å²) in [5.74, 6) is -0.0291. The van der Waals surface area contributed by atoms with Crippen molar-refractivity contribution in [2.45, 2.75) is 33.2 Å². The predicted octanol–water partition coefficient (Wildman–Crippen LogP) is 2.13. The van der Waals surface area contributed by atoms with Crippen LogP contribution in [-0.4, -0.2) is 35.8 Å². The lowest BCUT2D eigenvalue weighted by Gasteiger charge is -2.28. The molecule has 1 rings (SSSR count). The molecule has 1 aromatic rings. The highest BCUT2D eigenvalue weighted by Gasteiger charge is 2.37. The minimum Gasteiger partial charge on any atom is -0.383 e. The van der Waals surface area contributed by atoms with E-state index < -0.39 is 5.41 Å². The summed E-state index contributed by atoms with van der Waals surface area (Å²) in [6.07, 6.45) is 2.87. The maximum atomic E-state index is 12.8. The van der Waals surface area contributed by atoms with Gasteiger partial charge in [-0.2, -0.15) is 5.10 Å². The number of hydrogen-bond donors (Lipinski definition) is 1. The first kappa shape index (κ1) is 16.1. The van der Waals surface area contributed by atoms with Crippen LogP contribution in [0.4, 0.5) is 0 Å². The smallest absolute Gasteiger partial charge is 0.189 e. The molecule has 0 aliphatic carbocycles. The lowest BCUT2D eigenvalue weighted by atomic mass is 9.77. The number of aromatic nitrogens is 2.